The second kappa shape index (κ2) is 9.02. The molecule has 2 heterocycles. The summed E-state index contributed by atoms with van der Waals surface area (Å²) in [6, 6.07) is 4.72. The normalized spacial score (nSPS) is 23.7. The molecular weight excluding hydrogens is 443 g/mol. The molecule has 0 radical (unpaired) electrons. The fraction of sp³-hybridized carbons (Fsp3) is 0.500. The number of aromatic nitrogens is 2. The molecular formula is C22H24F3N3OS2. The van der Waals surface area contributed by atoms with Crippen molar-refractivity contribution in [1.82, 2.24) is 9.97 Å². The fourth-order valence-corrected chi connectivity index (χ4v) is 7.04. The molecule has 9 heteroatoms. The van der Waals surface area contributed by atoms with Gasteiger partial charge in [0.2, 0.25) is 5.91 Å². The summed E-state index contributed by atoms with van der Waals surface area (Å²) in [7, 11) is 0. The van der Waals surface area contributed by atoms with Gasteiger partial charge in [0.05, 0.1) is 10.8 Å². The number of hydrogen-bond donors (Lipinski definition) is 1. The van der Waals surface area contributed by atoms with Gasteiger partial charge in [-0.2, -0.15) is 13.2 Å². The largest absolute Gasteiger partial charge is 0.416 e. The Hall–Kier alpha value is -1.74. The SMILES string of the molecule is CCC(Sc1ncnc2c1C1CCC(C)CC1S2)C(=O)Nc1cccc(C(F)(F)F)c1. The standard InChI is InChI=1S/C22H24F3N3OS2/c1-3-16(19(29)28-14-6-4-5-13(10-14)22(23,24)25)30-20-18-15-8-7-12(2)9-17(15)31-21(18)27-11-26-20/h4-6,10-12,15-17H,3,7-9H2,1-2H3,(H,28,29). The highest BCUT2D eigenvalue weighted by atomic mass is 32.2. The van der Waals surface area contributed by atoms with Gasteiger partial charge in [-0.1, -0.05) is 38.1 Å². The molecule has 4 rings (SSSR count). The molecule has 1 aromatic heterocycles. The summed E-state index contributed by atoms with van der Waals surface area (Å²) >= 11 is 3.21. The van der Waals surface area contributed by atoms with Crippen molar-refractivity contribution in [1.29, 1.82) is 0 Å². The van der Waals surface area contributed by atoms with Gasteiger partial charge in [0.1, 0.15) is 16.4 Å². The molecule has 0 spiro atoms. The lowest BCUT2D eigenvalue weighted by Gasteiger charge is -2.29. The molecule has 31 heavy (non-hydrogen) atoms. The monoisotopic (exact) mass is 467 g/mol. The second-order valence-corrected chi connectivity index (χ2v) is 10.6. The Kier molecular flexibility index (Phi) is 6.53. The highest BCUT2D eigenvalue weighted by Gasteiger charge is 2.40. The molecule has 2 aliphatic rings. The zero-order valence-corrected chi connectivity index (χ0v) is 18.9. The summed E-state index contributed by atoms with van der Waals surface area (Å²) in [6.45, 7) is 4.18. The predicted octanol–water partition coefficient (Wildman–Crippen LogP) is 6.38. The van der Waals surface area contributed by atoms with E-state index in [1.54, 1.807) is 6.33 Å². The molecule has 4 atom stereocenters. The van der Waals surface area contributed by atoms with Crippen molar-refractivity contribution in [2.45, 2.75) is 72.2 Å². The fourth-order valence-electron chi connectivity index (χ4n) is 4.25. The molecule has 1 fully saturated rings. The van der Waals surface area contributed by atoms with Crippen LogP contribution < -0.4 is 5.32 Å². The number of halogens is 3. The van der Waals surface area contributed by atoms with Gasteiger partial charge in [-0.15, -0.1) is 11.8 Å². The Labute approximate surface area is 188 Å². The van der Waals surface area contributed by atoms with Crippen molar-refractivity contribution in [2.24, 2.45) is 5.92 Å². The Balaban J connectivity index is 1.51. The molecule has 1 aliphatic heterocycles. The Morgan fingerprint density at radius 1 is 1.32 bits per heavy atom. The van der Waals surface area contributed by atoms with E-state index in [0.717, 1.165) is 40.6 Å². The van der Waals surface area contributed by atoms with E-state index in [9.17, 15) is 18.0 Å². The number of nitrogens with one attached hydrogen (secondary N) is 1. The lowest BCUT2D eigenvalue weighted by molar-refractivity contribution is -0.137. The van der Waals surface area contributed by atoms with Crippen LogP contribution in [0.1, 0.15) is 56.6 Å². The highest BCUT2D eigenvalue weighted by molar-refractivity contribution is 8.01. The van der Waals surface area contributed by atoms with Crippen LogP contribution in [0.2, 0.25) is 0 Å². The van der Waals surface area contributed by atoms with Crippen LogP contribution in [0.3, 0.4) is 0 Å². The first-order valence-electron chi connectivity index (χ1n) is 10.4. The van der Waals surface area contributed by atoms with E-state index in [0.29, 0.717) is 23.5 Å². The zero-order valence-electron chi connectivity index (χ0n) is 17.3. The Bertz CT molecular complexity index is 969. The van der Waals surface area contributed by atoms with E-state index in [1.165, 1.54) is 30.3 Å². The van der Waals surface area contributed by atoms with Gasteiger partial charge >= 0.3 is 6.18 Å². The molecule has 4 nitrogen and oxygen atoms in total. The first-order chi connectivity index (χ1) is 14.8. The number of fused-ring (bicyclic) bond motifs is 3. The number of carbonyl (C=O) groups excluding carboxylic acids is 1. The van der Waals surface area contributed by atoms with Gasteiger partial charge in [-0.05, 0) is 43.4 Å². The van der Waals surface area contributed by atoms with Crippen LogP contribution in [0.15, 0.2) is 40.6 Å². The van der Waals surface area contributed by atoms with Crippen LogP contribution in [0.4, 0.5) is 18.9 Å². The molecule has 2 aromatic rings. The highest BCUT2D eigenvalue weighted by Crippen LogP contribution is 2.54. The van der Waals surface area contributed by atoms with Crippen molar-refractivity contribution >= 4 is 35.1 Å². The molecule has 1 aliphatic carbocycles. The summed E-state index contributed by atoms with van der Waals surface area (Å²) in [5.74, 6) is 0.788. The number of anilines is 1. The molecule has 4 unspecified atom stereocenters. The first-order valence-corrected chi connectivity index (χ1v) is 12.2. The first kappa shape index (κ1) is 22.5. The van der Waals surface area contributed by atoms with Crippen molar-refractivity contribution in [3.63, 3.8) is 0 Å². The molecule has 0 bridgehead atoms. The molecule has 1 aromatic carbocycles. The van der Waals surface area contributed by atoms with Crippen molar-refractivity contribution in [3.8, 4) is 0 Å². The van der Waals surface area contributed by atoms with E-state index < -0.39 is 17.0 Å². The summed E-state index contributed by atoms with van der Waals surface area (Å²) in [5, 5.41) is 4.53. The van der Waals surface area contributed by atoms with E-state index >= 15 is 0 Å². The molecule has 1 amide bonds. The van der Waals surface area contributed by atoms with Crippen LogP contribution in [0.5, 0.6) is 0 Å². The number of benzene rings is 1. The lowest BCUT2D eigenvalue weighted by atomic mass is 9.80. The molecule has 0 saturated heterocycles. The van der Waals surface area contributed by atoms with Crippen molar-refractivity contribution in [3.05, 3.63) is 41.7 Å². The third-order valence-electron chi connectivity index (χ3n) is 5.87. The lowest BCUT2D eigenvalue weighted by Crippen LogP contribution is -2.25. The second-order valence-electron chi connectivity index (χ2n) is 8.16. The number of nitrogens with zero attached hydrogens (tertiary/aromatic N) is 2. The van der Waals surface area contributed by atoms with Crippen LogP contribution in [0, 0.1) is 5.92 Å². The van der Waals surface area contributed by atoms with Crippen LogP contribution >= 0.6 is 23.5 Å². The molecule has 1 N–H and O–H groups in total. The van der Waals surface area contributed by atoms with E-state index in [4.69, 9.17) is 0 Å². The minimum Gasteiger partial charge on any atom is -0.325 e. The summed E-state index contributed by atoms with van der Waals surface area (Å²) in [4.78, 5) is 21.8. The molecule has 1 saturated carbocycles. The third kappa shape index (κ3) is 4.87. The smallest absolute Gasteiger partial charge is 0.325 e. The zero-order chi connectivity index (χ0) is 22.2. The minimum atomic E-state index is -4.45. The van der Waals surface area contributed by atoms with Crippen molar-refractivity contribution in [2.75, 3.05) is 5.32 Å². The number of thioether (sulfide) groups is 2. The number of amides is 1. The predicted molar refractivity (Wildman–Crippen MR) is 117 cm³/mol. The van der Waals surface area contributed by atoms with E-state index in [1.807, 2.05) is 18.7 Å². The number of rotatable bonds is 5. The maximum absolute atomic E-state index is 13.0. The van der Waals surface area contributed by atoms with Crippen LogP contribution in [-0.4, -0.2) is 26.4 Å². The maximum Gasteiger partial charge on any atom is 0.416 e. The van der Waals surface area contributed by atoms with Crippen LogP contribution in [0.25, 0.3) is 0 Å². The number of carbonyl (C=O) groups is 1. The summed E-state index contributed by atoms with van der Waals surface area (Å²) in [5.41, 5.74) is 0.512. The minimum absolute atomic E-state index is 0.142. The Morgan fingerprint density at radius 3 is 2.87 bits per heavy atom. The molecule has 166 valence electrons. The number of hydrogen-bond acceptors (Lipinski definition) is 5. The van der Waals surface area contributed by atoms with Gasteiger partial charge in [-0.25, -0.2) is 9.97 Å². The van der Waals surface area contributed by atoms with Gasteiger partial charge in [0.25, 0.3) is 0 Å². The Morgan fingerprint density at radius 2 is 2.13 bits per heavy atom. The van der Waals surface area contributed by atoms with Crippen molar-refractivity contribution < 1.29 is 18.0 Å². The van der Waals surface area contributed by atoms with Gasteiger partial charge in [0.15, 0.2) is 0 Å². The number of alkyl halides is 3. The summed E-state index contributed by atoms with van der Waals surface area (Å²) < 4.78 is 38.9. The quantitative estimate of drug-likeness (QED) is 0.408. The maximum atomic E-state index is 13.0. The van der Waals surface area contributed by atoms with Crippen LogP contribution in [-0.2, 0) is 11.0 Å². The average Bonchev–Trinajstić information content (AvgIpc) is 3.09. The van der Waals surface area contributed by atoms with Gasteiger partial charge in [-0.3, -0.25) is 4.79 Å². The van der Waals surface area contributed by atoms with E-state index in [-0.39, 0.29) is 11.6 Å². The topological polar surface area (TPSA) is 54.9 Å². The third-order valence-corrected chi connectivity index (χ3v) is 8.63. The average molecular weight is 468 g/mol. The van der Waals surface area contributed by atoms with E-state index in [2.05, 4.69) is 22.2 Å². The summed E-state index contributed by atoms with van der Waals surface area (Å²) in [6.07, 6.45) is 1.06. The van der Waals surface area contributed by atoms with Gasteiger partial charge in [0, 0.05) is 22.4 Å². The van der Waals surface area contributed by atoms with Gasteiger partial charge < -0.3 is 5.32 Å².